The molecule has 0 bridgehead atoms. The summed E-state index contributed by atoms with van der Waals surface area (Å²) in [6.07, 6.45) is -4.54. The lowest BCUT2D eigenvalue weighted by Gasteiger charge is -2.19. The third kappa shape index (κ3) is 3.08. The van der Waals surface area contributed by atoms with Gasteiger partial charge in [0.1, 0.15) is 16.9 Å². The predicted molar refractivity (Wildman–Crippen MR) is 98.2 cm³/mol. The number of hydrogen-bond acceptors (Lipinski definition) is 4. The number of halogens is 3. The average Bonchev–Trinajstić information content (AvgIpc) is 2.65. The van der Waals surface area contributed by atoms with Gasteiger partial charge in [0.15, 0.2) is 0 Å². The number of hydrogen-bond donors (Lipinski definition) is 2. The third-order valence-corrected chi connectivity index (χ3v) is 4.36. The molecule has 0 amide bonds. The lowest BCUT2D eigenvalue weighted by Crippen LogP contribution is -2.29. The number of carboxylic acids is 1. The van der Waals surface area contributed by atoms with Gasteiger partial charge >= 0.3 is 12.1 Å². The number of nitrogens with one attached hydrogen (secondary N) is 1. The van der Waals surface area contributed by atoms with Crippen LogP contribution in [0.25, 0.3) is 16.7 Å². The van der Waals surface area contributed by atoms with Crippen LogP contribution in [0.15, 0.2) is 41.2 Å². The van der Waals surface area contributed by atoms with Crippen LogP contribution >= 0.6 is 0 Å². The van der Waals surface area contributed by atoms with E-state index in [9.17, 15) is 27.9 Å². The molecule has 3 aromatic rings. The van der Waals surface area contributed by atoms with Crippen molar-refractivity contribution >= 4 is 22.7 Å². The molecule has 9 heteroatoms. The van der Waals surface area contributed by atoms with E-state index in [4.69, 9.17) is 0 Å². The second kappa shape index (κ2) is 6.99. The van der Waals surface area contributed by atoms with Crippen LogP contribution in [0, 0.1) is 0 Å². The topological polar surface area (TPSA) is 84.2 Å². The highest BCUT2D eigenvalue weighted by molar-refractivity contribution is 6.05. The fraction of sp³-hybridized carbons (Fsp3) is 0.211. The second-order valence-electron chi connectivity index (χ2n) is 6.00. The number of aromatic carboxylic acids is 1. The molecule has 0 saturated carbocycles. The van der Waals surface area contributed by atoms with Crippen LogP contribution in [0.5, 0.6) is 0 Å². The quantitative estimate of drug-likeness (QED) is 0.708. The van der Waals surface area contributed by atoms with Crippen LogP contribution < -0.4 is 10.9 Å². The molecule has 28 heavy (non-hydrogen) atoms. The maximum absolute atomic E-state index is 13.4. The summed E-state index contributed by atoms with van der Waals surface area (Å²) >= 11 is 0. The van der Waals surface area contributed by atoms with Crippen molar-refractivity contribution in [3.05, 3.63) is 63.6 Å². The van der Waals surface area contributed by atoms with Gasteiger partial charge in [-0.3, -0.25) is 9.36 Å². The molecule has 2 heterocycles. The predicted octanol–water partition coefficient (Wildman–Crippen LogP) is 3.71. The highest BCUT2D eigenvalue weighted by atomic mass is 19.4. The Hall–Kier alpha value is -3.36. The molecule has 0 atom stereocenters. The molecule has 6 nitrogen and oxygen atoms in total. The monoisotopic (exact) mass is 391 g/mol. The summed E-state index contributed by atoms with van der Waals surface area (Å²) in [6.45, 7) is 1.65. The van der Waals surface area contributed by atoms with E-state index < -0.39 is 29.0 Å². The van der Waals surface area contributed by atoms with E-state index in [1.165, 1.54) is 19.2 Å². The first-order valence-corrected chi connectivity index (χ1v) is 8.37. The zero-order valence-electron chi connectivity index (χ0n) is 15.0. The number of aryl methyl sites for hydroxylation is 1. The van der Waals surface area contributed by atoms with Gasteiger partial charge in [0, 0.05) is 12.4 Å². The SMILES string of the molecule is CCc1cc(C(F)(F)F)nc2c1c(NC)c(C(=O)O)c(=O)n2-c1ccccc1. The number of benzene rings is 1. The zero-order valence-corrected chi connectivity index (χ0v) is 15.0. The number of para-hydroxylation sites is 1. The molecule has 0 radical (unpaired) electrons. The van der Waals surface area contributed by atoms with Crippen molar-refractivity contribution in [3.63, 3.8) is 0 Å². The van der Waals surface area contributed by atoms with Crippen LogP contribution in [0.4, 0.5) is 18.9 Å². The first-order valence-electron chi connectivity index (χ1n) is 8.37. The Labute approximate surface area is 157 Å². The van der Waals surface area contributed by atoms with Crippen LogP contribution in [0.3, 0.4) is 0 Å². The first kappa shape index (κ1) is 19.4. The summed E-state index contributed by atoms with van der Waals surface area (Å²) in [6, 6.07) is 8.73. The van der Waals surface area contributed by atoms with E-state index in [2.05, 4.69) is 10.3 Å². The number of pyridine rings is 2. The van der Waals surface area contributed by atoms with Gasteiger partial charge < -0.3 is 10.4 Å². The molecule has 2 aromatic heterocycles. The van der Waals surface area contributed by atoms with Crippen molar-refractivity contribution in [3.8, 4) is 5.69 Å². The molecule has 0 unspecified atom stereocenters. The summed E-state index contributed by atoms with van der Waals surface area (Å²) in [5.74, 6) is -1.48. The molecule has 0 spiro atoms. The molecule has 146 valence electrons. The number of nitrogens with zero attached hydrogens (tertiary/aromatic N) is 2. The molecule has 0 fully saturated rings. The first-order chi connectivity index (χ1) is 13.2. The normalized spacial score (nSPS) is 11.6. The van der Waals surface area contributed by atoms with Gasteiger partial charge in [-0.05, 0) is 30.2 Å². The van der Waals surface area contributed by atoms with Crippen molar-refractivity contribution in [2.45, 2.75) is 19.5 Å². The van der Waals surface area contributed by atoms with Crippen molar-refractivity contribution in [1.82, 2.24) is 9.55 Å². The Balaban J connectivity index is 2.65. The van der Waals surface area contributed by atoms with Gasteiger partial charge in [-0.1, -0.05) is 25.1 Å². The minimum atomic E-state index is -4.72. The van der Waals surface area contributed by atoms with Gasteiger partial charge in [-0.15, -0.1) is 0 Å². The summed E-state index contributed by atoms with van der Waals surface area (Å²) < 4.78 is 41.1. The number of anilines is 1. The van der Waals surface area contributed by atoms with Gasteiger partial charge in [0.05, 0.1) is 11.4 Å². The third-order valence-electron chi connectivity index (χ3n) is 4.36. The number of alkyl halides is 3. The smallest absolute Gasteiger partial charge is 0.433 e. The van der Waals surface area contributed by atoms with E-state index in [-0.39, 0.29) is 34.4 Å². The van der Waals surface area contributed by atoms with Crippen molar-refractivity contribution in [2.75, 3.05) is 12.4 Å². The Morgan fingerprint density at radius 1 is 1.25 bits per heavy atom. The molecule has 0 aliphatic heterocycles. The Morgan fingerprint density at radius 3 is 2.39 bits per heavy atom. The molecule has 1 aromatic carbocycles. The minimum absolute atomic E-state index is 0.0576. The van der Waals surface area contributed by atoms with E-state index >= 15 is 0 Å². The van der Waals surface area contributed by atoms with Crippen LogP contribution in [-0.4, -0.2) is 27.7 Å². The van der Waals surface area contributed by atoms with Crippen molar-refractivity contribution in [1.29, 1.82) is 0 Å². The molecule has 2 N–H and O–H groups in total. The lowest BCUT2D eigenvalue weighted by atomic mass is 10.0. The summed E-state index contributed by atoms with van der Waals surface area (Å²) in [5.41, 5.74) is -2.54. The van der Waals surface area contributed by atoms with E-state index in [0.717, 1.165) is 10.6 Å². The molecule has 3 rings (SSSR count). The Morgan fingerprint density at radius 2 is 1.89 bits per heavy atom. The molecule has 0 saturated heterocycles. The largest absolute Gasteiger partial charge is 0.477 e. The minimum Gasteiger partial charge on any atom is -0.477 e. The highest BCUT2D eigenvalue weighted by Crippen LogP contribution is 2.35. The Bertz CT molecular complexity index is 1120. The maximum atomic E-state index is 13.4. The number of rotatable bonds is 4. The van der Waals surface area contributed by atoms with Gasteiger partial charge in [0.25, 0.3) is 5.56 Å². The van der Waals surface area contributed by atoms with E-state index in [1.807, 2.05) is 0 Å². The molecule has 0 aliphatic carbocycles. The fourth-order valence-corrected chi connectivity index (χ4v) is 3.15. The number of carboxylic acid groups (broad SMARTS) is 1. The number of carbonyl (C=O) groups is 1. The van der Waals surface area contributed by atoms with Crippen molar-refractivity contribution in [2.24, 2.45) is 0 Å². The molecular formula is C19H16F3N3O3. The summed E-state index contributed by atoms with van der Waals surface area (Å²) in [7, 11) is 1.41. The highest BCUT2D eigenvalue weighted by Gasteiger charge is 2.35. The lowest BCUT2D eigenvalue weighted by molar-refractivity contribution is -0.141. The van der Waals surface area contributed by atoms with Gasteiger partial charge in [-0.25, -0.2) is 9.78 Å². The second-order valence-corrected chi connectivity index (χ2v) is 6.00. The van der Waals surface area contributed by atoms with Crippen LogP contribution in [0.2, 0.25) is 0 Å². The molecular weight excluding hydrogens is 375 g/mol. The van der Waals surface area contributed by atoms with E-state index in [1.54, 1.807) is 25.1 Å². The van der Waals surface area contributed by atoms with E-state index in [0.29, 0.717) is 0 Å². The summed E-state index contributed by atoms with van der Waals surface area (Å²) in [4.78, 5) is 28.5. The van der Waals surface area contributed by atoms with Crippen LogP contribution in [0.1, 0.15) is 28.5 Å². The number of fused-ring (bicyclic) bond motifs is 1. The van der Waals surface area contributed by atoms with Crippen molar-refractivity contribution < 1.29 is 23.1 Å². The molecule has 0 aliphatic rings. The fourth-order valence-electron chi connectivity index (χ4n) is 3.15. The van der Waals surface area contributed by atoms with Gasteiger partial charge in [-0.2, -0.15) is 13.2 Å². The maximum Gasteiger partial charge on any atom is 0.433 e. The standard InChI is InChI=1S/C19H16F3N3O3/c1-3-10-9-12(19(20,21)22)24-16-13(10)15(23-2)14(18(27)28)17(26)25(16)11-7-5-4-6-8-11/h4-9,23H,3H2,1-2H3,(H,27,28). The Kier molecular flexibility index (Phi) is 4.84. The zero-order chi connectivity index (χ0) is 20.6. The van der Waals surface area contributed by atoms with Crippen LogP contribution in [-0.2, 0) is 12.6 Å². The number of aromatic nitrogens is 2. The summed E-state index contributed by atoms with van der Waals surface area (Å²) in [5, 5.41) is 12.4. The van der Waals surface area contributed by atoms with Gasteiger partial charge in [0.2, 0.25) is 0 Å². The average molecular weight is 391 g/mol.